The SMILES string of the molecule is O=C(O)C1(C(=O)NCCCN2CCC(=C(c3ccccc3)c3ccccc3)CC2)CSC(c2cccnc2)N1. The number of carboxylic acid groups (broad SMARTS) is 1. The first kappa shape index (κ1) is 27.1. The van der Waals surface area contributed by atoms with Crippen molar-refractivity contribution in [3.05, 3.63) is 107 Å². The number of carbonyl (C=O) groups is 2. The maximum absolute atomic E-state index is 13.0. The van der Waals surface area contributed by atoms with Crippen molar-refractivity contribution in [1.82, 2.24) is 20.5 Å². The molecule has 2 unspecified atom stereocenters. The number of nitrogens with zero attached hydrogens (tertiary/aromatic N) is 2. The number of hydrogen-bond donors (Lipinski definition) is 3. The molecule has 3 aromatic rings. The fourth-order valence-corrected chi connectivity index (χ4v) is 6.69. The van der Waals surface area contributed by atoms with Gasteiger partial charge in [0.1, 0.15) is 0 Å². The summed E-state index contributed by atoms with van der Waals surface area (Å²) < 4.78 is 0. The topological polar surface area (TPSA) is 94.6 Å². The van der Waals surface area contributed by atoms with Gasteiger partial charge in [0, 0.05) is 37.8 Å². The van der Waals surface area contributed by atoms with Crippen LogP contribution in [0.2, 0.25) is 0 Å². The third-order valence-electron chi connectivity index (χ3n) is 7.46. The van der Waals surface area contributed by atoms with E-state index in [0.717, 1.165) is 44.5 Å². The van der Waals surface area contributed by atoms with Crippen LogP contribution < -0.4 is 10.6 Å². The highest BCUT2D eigenvalue weighted by Crippen LogP contribution is 2.38. The van der Waals surface area contributed by atoms with E-state index >= 15 is 0 Å². The van der Waals surface area contributed by atoms with Gasteiger partial charge in [0.05, 0.1) is 5.37 Å². The molecular formula is C31H34N4O3S. The van der Waals surface area contributed by atoms with E-state index in [1.165, 1.54) is 34.0 Å². The van der Waals surface area contributed by atoms with Gasteiger partial charge < -0.3 is 15.3 Å². The van der Waals surface area contributed by atoms with E-state index in [4.69, 9.17) is 0 Å². The van der Waals surface area contributed by atoms with Crippen LogP contribution in [0, 0.1) is 0 Å². The summed E-state index contributed by atoms with van der Waals surface area (Å²) >= 11 is 1.41. The number of likely N-dealkylation sites (tertiary alicyclic amines) is 1. The van der Waals surface area contributed by atoms with Gasteiger partial charge >= 0.3 is 5.97 Å². The summed E-state index contributed by atoms with van der Waals surface area (Å²) in [6, 6.07) is 24.9. The Morgan fingerprint density at radius 2 is 1.67 bits per heavy atom. The van der Waals surface area contributed by atoms with Gasteiger partial charge in [-0.3, -0.25) is 15.1 Å². The van der Waals surface area contributed by atoms with Crippen LogP contribution in [0.4, 0.5) is 0 Å². The van der Waals surface area contributed by atoms with E-state index in [2.05, 4.69) is 81.2 Å². The number of aliphatic carboxylic acids is 1. The molecule has 0 bridgehead atoms. The summed E-state index contributed by atoms with van der Waals surface area (Å²) in [6.45, 7) is 3.24. The Morgan fingerprint density at radius 3 is 2.26 bits per heavy atom. The Balaban J connectivity index is 1.14. The molecule has 2 saturated heterocycles. The molecule has 2 aliphatic heterocycles. The van der Waals surface area contributed by atoms with Crippen molar-refractivity contribution in [3.63, 3.8) is 0 Å². The van der Waals surface area contributed by atoms with Crippen LogP contribution in [0.5, 0.6) is 0 Å². The molecule has 2 aliphatic rings. The van der Waals surface area contributed by atoms with Crippen molar-refractivity contribution >= 4 is 29.2 Å². The Labute approximate surface area is 233 Å². The van der Waals surface area contributed by atoms with Gasteiger partial charge in [-0.1, -0.05) is 72.3 Å². The molecule has 8 heteroatoms. The standard InChI is InChI=1S/C31H34N4O3S/c36-29(31(30(37)38)22-39-28(34-31)26-13-7-16-32-21-26)33-17-8-18-35-19-14-25(15-20-35)27(23-9-3-1-4-10-23)24-11-5-2-6-12-24/h1-7,9-13,16,21,28,34H,8,14-15,17-20,22H2,(H,33,36)(H,37,38). The van der Waals surface area contributed by atoms with E-state index in [9.17, 15) is 14.7 Å². The highest BCUT2D eigenvalue weighted by Gasteiger charge is 2.52. The Morgan fingerprint density at radius 1 is 1.00 bits per heavy atom. The molecule has 1 aromatic heterocycles. The number of nitrogens with one attached hydrogen (secondary N) is 2. The third-order valence-corrected chi connectivity index (χ3v) is 8.78. The molecule has 0 aliphatic carbocycles. The van der Waals surface area contributed by atoms with Crippen LogP contribution in [-0.2, 0) is 9.59 Å². The number of carbonyl (C=O) groups excluding carboxylic acids is 1. The maximum atomic E-state index is 13.0. The van der Waals surface area contributed by atoms with Crippen molar-refractivity contribution in [2.24, 2.45) is 0 Å². The fraction of sp³-hybridized carbons (Fsp3) is 0.323. The number of hydrogen-bond acceptors (Lipinski definition) is 6. The molecule has 1 amide bonds. The second-order valence-electron chi connectivity index (χ2n) is 9.99. The number of rotatable bonds is 9. The molecule has 202 valence electrons. The van der Waals surface area contributed by atoms with Gasteiger partial charge in [-0.15, -0.1) is 11.8 Å². The number of amides is 1. The molecule has 39 heavy (non-hydrogen) atoms. The highest BCUT2D eigenvalue weighted by atomic mass is 32.2. The summed E-state index contributed by atoms with van der Waals surface area (Å²) in [5.41, 5.74) is 4.56. The van der Waals surface area contributed by atoms with Crippen LogP contribution in [0.3, 0.4) is 0 Å². The maximum Gasteiger partial charge on any atom is 0.334 e. The molecule has 0 saturated carbocycles. The quantitative estimate of drug-likeness (QED) is 0.274. The third kappa shape index (κ3) is 6.24. The lowest BCUT2D eigenvalue weighted by Crippen LogP contribution is -2.61. The Bertz CT molecular complexity index is 1250. The van der Waals surface area contributed by atoms with Gasteiger partial charge in [0.25, 0.3) is 5.91 Å². The van der Waals surface area contributed by atoms with Gasteiger partial charge in [0.2, 0.25) is 5.54 Å². The first-order valence-electron chi connectivity index (χ1n) is 13.4. The van der Waals surface area contributed by atoms with Gasteiger partial charge in [-0.2, -0.15) is 0 Å². The molecule has 7 nitrogen and oxygen atoms in total. The number of piperidine rings is 1. The number of aromatic nitrogens is 1. The normalized spacial score (nSPS) is 21.4. The number of pyridine rings is 1. The molecule has 2 aromatic carbocycles. The Hall–Kier alpha value is -3.46. The van der Waals surface area contributed by atoms with Crippen LogP contribution in [0.15, 0.2) is 90.8 Å². The predicted octanol–water partition coefficient (Wildman–Crippen LogP) is 4.34. The van der Waals surface area contributed by atoms with E-state index < -0.39 is 17.4 Å². The average molecular weight is 543 g/mol. The van der Waals surface area contributed by atoms with E-state index in [1.54, 1.807) is 12.4 Å². The predicted molar refractivity (Wildman–Crippen MR) is 155 cm³/mol. The zero-order valence-electron chi connectivity index (χ0n) is 21.9. The highest BCUT2D eigenvalue weighted by molar-refractivity contribution is 7.99. The number of carboxylic acids is 1. The lowest BCUT2D eigenvalue weighted by molar-refractivity contribution is -0.149. The second kappa shape index (κ2) is 12.6. The van der Waals surface area contributed by atoms with Gasteiger partial charge in [-0.25, -0.2) is 4.79 Å². The van der Waals surface area contributed by atoms with Crippen molar-refractivity contribution in [2.45, 2.75) is 30.2 Å². The summed E-state index contributed by atoms with van der Waals surface area (Å²) in [7, 11) is 0. The van der Waals surface area contributed by atoms with Gasteiger partial charge in [-0.05, 0) is 54.1 Å². The van der Waals surface area contributed by atoms with Crippen LogP contribution >= 0.6 is 11.8 Å². The van der Waals surface area contributed by atoms with E-state index in [-0.39, 0.29) is 11.1 Å². The summed E-state index contributed by atoms with van der Waals surface area (Å²) in [5.74, 6) is -1.46. The van der Waals surface area contributed by atoms with Crippen molar-refractivity contribution in [2.75, 3.05) is 31.9 Å². The average Bonchev–Trinajstić information content (AvgIpc) is 3.45. The minimum atomic E-state index is -1.64. The monoisotopic (exact) mass is 542 g/mol. The molecule has 0 spiro atoms. The molecule has 3 N–H and O–H groups in total. The van der Waals surface area contributed by atoms with E-state index in [0.29, 0.717) is 6.54 Å². The van der Waals surface area contributed by atoms with Crippen molar-refractivity contribution in [1.29, 1.82) is 0 Å². The summed E-state index contributed by atoms with van der Waals surface area (Å²) in [6.07, 6.45) is 6.15. The van der Waals surface area contributed by atoms with E-state index in [1.807, 2.05) is 12.1 Å². The zero-order valence-corrected chi connectivity index (χ0v) is 22.7. The molecular weight excluding hydrogens is 508 g/mol. The zero-order chi connectivity index (χ0) is 27.1. The second-order valence-corrected chi connectivity index (χ2v) is 11.1. The Kier molecular flexibility index (Phi) is 8.76. The van der Waals surface area contributed by atoms with Crippen molar-refractivity contribution < 1.29 is 14.7 Å². The molecule has 2 atom stereocenters. The minimum Gasteiger partial charge on any atom is -0.479 e. The van der Waals surface area contributed by atoms with Crippen LogP contribution in [0.25, 0.3) is 5.57 Å². The summed E-state index contributed by atoms with van der Waals surface area (Å²) in [5, 5.41) is 15.6. The van der Waals surface area contributed by atoms with Crippen LogP contribution in [-0.4, -0.2) is 64.3 Å². The van der Waals surface area contributed by atoms with Gasteiger partial charge in [0.15, 0.2) is 0 Å². The number of benzene rings is 2. The molecule has 0 radical (unpaired) electrons. The largest absolute Gasteiger partial charge is 0.479 e. The first-order valence-corrected chi connectivity index (χ1v) is 14.5. The fourth-order valence-electron chi connectivity index (χ4n) is 5.31. The lowest BCUT2D eigenvalue weighted by Gasteiger charge is -2.30. The summed E-state index contributed by atoms with van der Waals surface area (Å²) in [4.78, 5) is 31.7. The van der Waals surface area contributed by atoms with Crippen molar-refractivity contribution in [3.8, 4) is 0 Å². The molecule has 5 rings (SSSR count). The first-order chi connectivity index (χ1) is 19.1. The number of thioether (sulfide) groups is 1. The molecule has 2 fully saturated rings. The lowest BCUT2D eigenvalue weighted by atomic mass is 9.88. The smallest absolute Gasteiger partial charge is 0.334 e. The van der Waals surface area contributed by atoms with Crippen LogP contribution in [0.1, 0.15) is 41.3 Å². The minimum absolute atomic E-state index is 0.167. The molecule has 3 heterocycles.